The van der Waals surface area contributed by atoms with Crippen molar-refractivity contribution in [1.82, 2.24) is 26.3 Å². The van der Waals surface area contributed by atoms with Crippen LogP contribution in [-0.2, 0) is 13.1 Å². The van der Waals surface area contributed by atoms with Gasteiger partial charge in [0.05, 0.1) is 11.4 Å². The fraction of sp³-hybridized carbons (Fsp3) is 0.783. The molecule has 2 fully saturated rings. The molecule has 0 radical (unpaired) electrons. The maximum atomic E-state index is 5.06. The standard InChI is InChI=1S/C23H39N5.2ClH.Mn/c1-16-18-12-7-13-19(28-18)17(2)27-23-11-6-4-9-21(23)25-15-14-24-20-8-3-5-10-22(20)26-16;;;/h7,12-13,16-17,20-27H,3-6,8-11,14-15H2,1-2H3;2*1H;/q;;;+2/p-2/t16-,17-,20+,21+,22-,23+;;;/m0.../s1. The summed E-state index contributed by atoms with van der Waals surface area (Å²) in [4.78, 5) is 5.06. The Balaban J connectivity index is 0.000000858. The van der Waals surface area contributed by atoms with Crippen LogP contribution in [0.1, 0.15) is 88.7 Å². The molecule has 5 nitrogen and oxygen atoms in total. The van der Waals surface area contributed by atoms with Gasteiger partial charge in [-0.2, -0.15) is 0 Å². The van der Waals surface area contributed by atoms with Crippen molar-refractivity contribution < 1.29 is 13.1 Å². The molecule has 177 valence electrons. The number of nitrogens with one attached hydrogen (secondary N) is 4. The van der Waals surface area contributed by atoms with Crippen molar-refractivity contribution in [2.45, 2.75) is 101 Å². The zero-order valence-electron chi connectivity index (χ0n) is 18.8. The van der Waals surface area contributed by atoms with Gasteiger partial charge in [0.1, 0.15) is 0 Å². The Labute approximate surface area is 203 Å². The van der Waals surface area contributed by atoms with E-state index >= 15 is 0 Å². The van der Waals surface area contributed by atoms with Gasteiger partial charge in [-0.25, -0.2) is 0 Å². The molecule has 1 aliphatic heterocycles. The Morgan fingerprint density at radius 3 is 1.55 bits per heavy atom. The first-order valence-electron chi connectivity index (χ1n) is 11.9. The Bertz CT molecular complexity index is 603. The number of aromatic nitrogens is 1. The van der Waals surface area contributed by atoms with Crippen molar-refractivity contribution in [3.05, 3.63) is 29.6 Å². The van der Waals surface area contributed by atoms with Gasteiger partial charge in [-0.1, -0.05) is 31.7 Å². The SMILES string of the molecule is C[C@@H]1N[C@H]2CCCC[C@H]2NCCN[C@@H]2CCCC[C@H]2N[C@@H](C)c2cccc1n2.[Cl][Mn][Cl]. The van der Waals surface area contributed by atoms with E-state index in [-0.39, 0.29) is 25.2 Å². The van der Waals surface area contributed by atoms with Crippen LogP contribution in [0.25, 0.3) is 0 Å². The second kappa shape index (κ2) is 13.7. The fourth-order valence-electron chi connectivity index (χ4n) is 5.43. The van der Waals surface area contributed by atoms with Crippen LogP contribution in [0.3, 0.4) is 0 Å². The van der Waals surface area contributed by atoms with Gasteiger partial charge in [0, 0.05) is 49.3 Å². The summed E-state index contributed by atoms with van der Waals surface area (Å²) in [6, 6.07) is 9.34. The number of halogens is 2. The zero-order chi connectivity index (χ0) is 22.1. The maximum absolute atomic E-state index is 5.06. The Hall–Kier alpha value is 0.0895. The van der Waals surface area contributed by atoms with Gasteiger partial charge in [-0.15, -0.1) is 0 Å². The molecule has 31 heavy (non-hydrogen) atoms. The molecule has 0 amide bonds. The Kier molecular flexibility index (Phi) is 11.4. The van der Waals surface area contributed by atoms with Crippen LogP contribution >= 0.6 is 20.2 Å². The summed E-state index contributed by atoms with van der Waals surface area (Å²) in [5.41, 5.74) is 2.34. The Morgan fingerprint density at radius 1 is 0.742 bits per heavy atom. The first-order valence-corrected chi connectivity index (χ1v) is 15.2. The number of hydrogen-bond donors (Lipinski definition) is 4. The molecule has 2 aliphatic carbocycles. The van der Waals surface area contributed by atoms with Gasteiger partial charge in [0.2, 0.25) is 0 Å². The predicted octanol–water partition coefficient (Wildman–Crippen LogP) is 4.57. The first-order chi connectivity index (χ1) is 15.1. The molecule has 4 N–H and O–H groups in total. The summed E-state index contributed by atoms with van der Waals surface area (Å²) >= 11 is 0.00694. The van der Waals surface area contributed by atoms with Crippen LogP contribution < -0.4 is 21.3 Å². The van der Waals surface area contributed by atoms with E-state index in [2.05, 4.69) is 53.3 Å². The normalized spacial score (nSPS) is 34.7. The molecule has 1 aromatic rings. The third-order valence-corrected chi connectivity index (χ3v) is 7.08. The third kappa shape index (κ3) is 7.82. The average Bonchev–Trinajstić information content (AvgIpc) is 2.79. The quantitative estimate of drug-likeness (QED) is 0.385. The summed E-state index contributed by atoms with van der Waals surface area (Å²) in [5, 5.41) is 15.5. The van der Waals surface area contributed by atoms with Crippen molar-refractivity contribution in [3.8, 4) is 0 Å². The molecule has 8 heteroatoms. The summed E-state index contributed by atoms with van der Waals surface area (Å²) in [5.74, 6) is 0. The van der Waals surface area contributed by atoms with Gasteiger partial charge in [-0.3, -0.25) is 4.98 Å². The van der Waals surface area contributed by atoms with E-state index in [1.165, 1.54) is 62.8 Å². The minimum absolute atomic E-state index is 0.00694. The van der Waals surface area contributed by atoms with Crippen LogP contribution in [0, 0.1) is 0 Å². The Morgan fingerprint density at radius 2 is 1.13 bits per heavy atom. The van der Waals surface area contributed by atoms with E-state index < -0.39 is 0 Å². The summed E-state index contributed by atoms with van der Waals surface area (Å²) in [6.45, 7) is 6.66. The van der Waals surface area contributed by atoms with Crippen molar-refractivity contribution in [1.29, 1.82) is 0 Å². The van der Waals surface area contributed by atoms with E-state index in [1.807, 2.05) is 0 Å². The number of hydrogen-bond acceptors (Lipinski definition) is 5. The molecule has 0 saturated heterocycles. The molecular formula is C23H39Cl2MnN5. The van der Waals surface area contributed by atoms with Crippen LogP contribution in [0.2, 0.25) is 0 Å². The van der Waals surface area contributed by atoms with Crippen molar-refractivity contribution >= 4 is 20.2 Å². The van der Waals surface area contributed by atoms with Gasteiger partial charge in [0.25, 0.3) is 0 Å². The van der Waals surface area contributed by atoms with Crippen molar-refractivity contribution in [2.75, 3.05) is 13.1 Å². The third-order valence-electron chi connectivity index (χ3n) is 7.08. The van der Waals surface area contributed by atoms with E-state index in [1.54, 1.807) is 0 Å². The topological polar surface area (TPSA) is 61.0 Å². The number of nitrogens with zero attached hydrogens (tertiary/aromatic N) is 1. The van der Waals surface area contributed by atoms with Gasteiger partial charge >= 0.3 is 33.3 Å². The number of rotatable bonds is 0. The second-order valence-electron chi connectivity index (χ2n) is 9.22. The minimum atomic E-state index is 0.00694. The molecule has 0 unspecified atom stereocenters. The molecule has 0 spiro atoms. The average molecular weight is 511 g/mol. The van der Waals surface area contributed by atoms with Crippen molar-refractivity contribution in [3.63, 3.8) is 0 Å². The van der Waals surface area contributed by atoms with E-state index in [4.69, 9.17) is 25.2 Å². The molecule has 0 aromatic carbocycles. The van der Waals surface area contributed by atoms with E-state index in [9.17, 15) is 0 Å². The van der Waals surface area contributed by atoms with Gasteiger partial charge in [-0.05, 0) is 51.7 Å². The van der Waals surface area contributed by atoms with Crippen molar-refractivity contribution in [2.24, 2.45) is 0 Å². The fourth-order valence-corrected chi connectivity index (χ4v) is 5.43. The number of pyridine rings is 1. The summed E-state index contributed by atoms with van der Waals surface area (Å²) in [7, 11) is 9.59. The number of fused-ring (bicyclic) bond motifs is 4. The molecule has 2 bridgehead atoms. The molecule has 6 atom stereocenters. The predicted molar refractivity (Wildman–Crippen MR) is 127 cm³/mol. The van der Waals surface area contributed by atoms with Crippen LogP contribution in [0.4, 0.5) is 0 Å². The molecule has 2 heterocycles. The summed E-state index contributed by atoms with van der Waals surface area (Å²) < 4.78 is 0. The second-order valence-corrected chi connectivity index (χ2v) is 11.2. The van der Waals surface area contributed by atoms with E-state index in [0.717, 1.165) is 13.1 Å². The summed E-state index contributed by atoms with van der Waals surface area (Å²) in [6.07, 6.45) is 10.4. The molecule has 1 aromatic heterocycles. The molecule has 3 aliphatic rings. The molecular weight excluding hydrogens is 472 g/mol. The van der Waals surface area contributed by atoms with Crippen LogP contribution in [0.5, 0.6) is 0 Å². The molecule has 4 rings (SSSR count). The first kappa shape index (κ1) is 25.7. The zero-order valence-corrected chi connectivity index (χ0v) is 21.5. The van der Waals surface area contributed by atoms with Gasteiger partial charge < -0.3 is 21.3 Å². The monoisotopic (exact) mass is 510 g/mol. The van der Waals surface area contributed by atoms with Crippen LogP contribution in [0.15, 0.2) is 18.2 Å². The van der Waals surface area contributed by atoms with Gasteiger partial charge in [0.15, 0.2) is 0 Å². The van der Waals surface area contributed by atoms with E-state index in [0.29, 0.717) is 24.2 Å². The molecule has 2 saturated carbocycles. The van der Waals surface area contributed by atoms with Crippen LogP contribution in [-0.4, -0.2) is 42.2 Å².